The summed E-state index contributed by atoms with van der Waals surface area (Å²) in [5, 5.41) is 18.7. The minimum absolute atomic E-state index is 0.231. The molecule has 19 heavy (non-hydrogen) atoms. The molecule has 1 N–H and O–H groups in total. The lowest BCUT2D eigenvalue weighted by molar-refractivity contribution is 0.0676. The van der Waals surface area contributed by atoms with E-state index < -0.39 is 12.1 Å². The largest absolute Gasteiger partial charge is 0.477 e. The van der Waals surface area contributed by atoms with Gasteiger partial charge in [-0.1, -0.05) is 18.2 Å². The molecule has 5 nitrogen and oxygen atoms in total. The van der Waals surface area contributed by atoms with Crippen LogP contribution in [0.3, 0.4) is 0 Å². The van der Waals surface area contributed by atoms with Crippen molar-refractivity contribution in [3.8, 4) is 6.07 Å². The first-order valence-corrected chi connectivity index (χ1v) is 5.96. The van der Waals surface area contributed by atoms with Crippen LogP contribution in [0, 0.1) is 11.3 Å². The van der Waals surface area contributed by atoms with Gasteiger partial charge < -0.3 is 14.4 Å². The topological polar surface area (TPSA) is 75.2 Å². The molecule has 0 aliphatic heterocycles. The summed E-state index contributed by atoms with van der Waals surface area (Å²) in [6.45, 7) is 2.36. The van der Waals surface area contributed by atoms with Crippen LogP contribution in [-0.4, -0.2) is 28.4 Å². The summed E-state index contributed by atoms with van der Waals surface area (Å²) in [7, 11) is 0. The molecule has 0 radical (unpaired) electrons. The molecule has 1 aromatic carbocycles. The van der Waals surface area contributed by atoms with E-state index >= 15 is 0 Å². The van der Waals surface area contributed by atoms with Crippen LogP contribution >= 0.6 is 0 Å². The fourth-order valence-corrected chi connectivity index (χ4v) is 1.99. The van der Waals surface area contributed by atoms with Crippen molar-refractivity contribution in [2.24, 2.45) is 0 Å². The van der Waals surface area contributed by atoms with Crippen molar-refractivity contribution in [1.29, 1.82) is 5.26 Å². The first kappa shape index (κ1) is 13.1. The minimum atomic E-state index is -0.968. The Labute approximate surface area is 110 Å². The lowest BCUT2D eigenvalue weighted by Gasteiger charge is -2.10. The maximum Gasteiger partial charge on any atom is 0.352 e. The van der Waals surface area contributed by atoms with Crippen molar-refractivity contribution in [1.82, 2.24) is 4.57 Å². The lowest BCUT2D eigenvalue weighted by atomic mass is 10.2. The third-order valence-electron chi connectivity index (χ3n) is 2.89. The summed E-state index contributed by atoms with van der Waals surface area (Å²) in [4.78, 5) is 11.2. The van der Waals surface area contributed by atoms with Crippen LogP contribution in [0.5, 0.6) is 0 Å². The van der Waals surface area contributed by atoms with Crippen molar-refractivity contribution in [2.75, 3.05) is 6.61 Å². The SMILES string of the molecule is CC(C#N)OCCn1c(C(=O)O)cc2ccccc21. The Bertz CT molecular complexity index is 640. The smallest absolute Gasteiger partial charge is 0.352 e. The quantitative estimate of drug-likeness (QED) is 0.892. The molecule has 0 spiro atoms. The molecule has 0 aliphatic carbocycles. The van der Waals surface area contributed by atoms with Gasteiger partial charge >= 0.3 is 5.97 Å². The third kappa shape index (κ3) is 2.75. The molecule has 98 valence electrons. The van der Waals surface area contributed by atoms with Gasteiger partial charge in [0.25, 0.3) is 0 Å². The molecule has 0 fully saturated rings. The van der Waals surface area contributed by atoms with E-state index in [0.29, 0.717) is 13.2 Å². The first-order chi connectivity index (χ1) is 9.13. The lowest BCUT2D eigenvalue weighted by Crippen LogP contribution is -2.15. The summed E-state index contributed by atoms with van der Waals surface area (Å²) >= 11 is 0. The maximum absolute atomic E-state index is 11.2. The average Bonchev–Trinajstić information content (AvgIpc) is 2.78. The highest BCUT2D eigenvalue weighted by Gasteiger charge is 2.14. The number of benzene rings is 1. The zero-order valence-electron chi connectivity index (χ0n) is 10.5. The Morgan fingerprint density at radius 3 is 2.95 bits per heavy atom. The van der Waals surface area contributed by atoms with Gasteiger partial charge in [-0.3, -0.25) is 0 Å². The van der Waals surface area contributed by atoms with Crippen LogP contribution in [0.15, 0.2) is 30.3 Å². The number of carboxylic acid groups (broad SMARTS) is 1. The summed E-state index contributed by atoms with van der Waals surface area (Å²) in [5.74, 6) is -0.968. The predicted molar refractivity (Wildman–Crippen MR) is 69.9 cm³/mol. The summed E-state index contributed by atoms with van der Waals surface area (Å²) in [6.07, 6.45) is -0.491. The van der Waals surface area contributed by atoms with Crippen molar-refractivity contribution >= 4 is 16.9 Å². The number of ether oxygens (including phenoxy) is 1. The molecular weight excluding hydrogens is 244 g/mol. The van der Waals surface area contributed by atoms with Crippen LogP contribution in [0.1, 0.15) is 17.4 Å². The fraction of sp³-hybridized carbons (Fsp3) is 0.286. The molecule has 0 saturated heterocycles. The molecule has 1 unspecified atom stereocenters. The molecule has 0 bridgehead atoms. The van der Waals surface area contributed by atoms with E-state index in [4.69, 9.17) is 10.00 Å². The normalized spacial score (nSPS) is 12.2. The third-order valence-corrected chi connectivity index (χ3v) is 2.89. The summed E-state index contributed by atoms with van der Waals surface area (Å²) in [5.41, 5.74) is 1.09. The van der Waals surface area contributed by atoms with E-state index in [1.165, 1.54) is 0 Å². The molecular formula is C14H14N2O3. The molecule has 2 rings (SSSR count). The van der Waals surface area contributed by atoms with Crippen LogP contribution in [-0.2, 0) is 11.3 Å². The van der Waals surface area contributed by atoms with Crippen molar-refractivity contribution in [3.63, 3.8) is 0 Å². The number of aromatic carboxylic acids is 1. The number of para-hydroxylation sites is 1. The van der Waals surface area contributed by atoms with E-state index in [1.807, 2.05) is 30.3 Å². The molecule has 0 saturated carbocycles. The number of carboxylic acids is 1. The number of fused-ring (bicyclic) bond motifs is 1. The second-order valence-corrected chi connectivity index (χ2v) is 4.19. The number of nitriles is 1. The second kappa shape index (κ2) is 5.55. The van der Waals surface area contributed by atoms with E-state index in [0.717, 1.165) is 10.9 Å². The highest BCUT2D eigenvalue weighted by molar-refractivity contribution is 5.94. The monoisotopic (exact) mass is 258 g/mol. The molecule has 0 aliphatic rings. The van der Waals surface area contributed by atoms with Gasteiger partial charge in [-0.05, 0) is 19.1 Å². The van der Waals surface area contributed by atoms with Crippen molar-refractivity contribution < 1.29 is 14.6 Å². The first-order valence-electron chi connectivity index (χ1n) is 5.96. The van der Waals surface area contributed by atoms with Crippen LogP contribution in [0.25, 0.3) is 10.9 Å². The zero-order valence-corrected chi connectivity index (χ0v) is 10.5. The molecule has 0 amide bonds. The van der Waals surface area contributed by atoms with Gasteiger partial charge in [0.15, 0.2) is 0 Å². The number of hydrogen-bond acceptors (Lipinski definition) is 3. The zero-order chi connectivity index (χ0) is 13.8. The Balaban J connectivity index is 2.27. The van der Waals surface area contributed by atoms with E-state index in [-0.39, 0.29) is 5.69 Å². The number of rotatable bonds is 5. The Morgan fingerprint density at radius 1 is 1.53 bits per heavy atom. The van der Waals surface area contributed by atoms with Gasteiger partial charge in [0.2, 0.25) is 0 Å². The van der Waals surface area contributed by atoms with E-state index in [1.54, 1.807) is 17.6 Å². The molecule has 2 aromatic rings. The molecule has 1 heterocycles. The second-order valence-electron chi connectivity index (χ2n) is 4.19. The number of carbonyl (C=O) groups is 1. The van der Waals surface area contributed by atoms with Gasteiger partial charge in [0.05, 0.1) is 12.7 Å². The van der Waals surface area contributed by atoms with Crippen molar-refractivity contribution in [3.05, 3.63) is 36.0 Å². The summed E-state index contributed by atoms with van der Waals surface area (Å²) < 4.78 is 6.97. The molecule has 5 heteroatoms. The molecule has 1 aromatic heterocycles. The number of aromatic nitrogens is 1. The van der Waals surface area contributed by atoms with Crippen LogP contribution in [0.2, 0.25) is 0 Å². The minimum Gasteiger partial charge on any atom is -0.477 e. The highest BCUT2D eigenvalue weighted by Crippen LogP contribution is 2.19. The average molecular weight is 258 g/mol. The number of hydrogen-bond donors (Lipinski definition) is 1. The maximum atomic E-state index is 11.2. The van der Waals surface area contributed by atoms with Gasteiger partial charge in [-0.15, -0.1) is 0 Å². The standard InChI is InChI=1S/C14H14N2O3/c1-10(9-15)19-7-6-16-12-5-3-2-4-11(12)8-13(16)14(17)18/h2-5,8,10H,6-7H2,1H3,(H,17,18). The van der Waals surface area contributed by atoms with Gasteiger partial charge in [-0.2, -0.15) is 5.26 Å². The van der Waals surface area contributed by atoms with Crippen molar-refractivity contribution in [2.45, 2.75) is 19.6 Å². The summed E-state index contributed by atoms with van der Waals surface area (Å²) in [6, 6.07) is 11.1. The highest BCUT2D eigenvalue weighted by atomic mass is 16.5. The van der Waals surface area contributed by atoms with Gasteiger partial charge in [0, 0.05) is 17.4 Å². The Kier molecular flexibility index (Phi) is 3.83. The van der Waals surface area contributed by atoms with Crippen LogP contribution in [0.4, 0.5) is 0 Å². The van der Waals surface area contributed by atoms with Gasteiger partial charge in [0.1, 0.15) is 11.8 Å². The molecule has 1 atom stereocenters. The van der Waals surface area contributed by atoms with E-state index in [2.05, 4.69) is 0 Å². The Hall–Kier alpha value is -2.32. The number of nitrogens with zero attached hydrogens (tertiary/aromatic N) is 2. The van der Waals surface area contributed by atoms with Crippen LogP contribution < -0.4 is 0 Å². The van der Waals surface area contributed by atoms with Gasteiger partial charge in [-0.25, -0.2) is 4.79 Å². The fourth-order valence-electron chi connectivity index (χ4n) is 1.99. The van der Waals surface area contributed by atoms with E-state index in [9.17, 15) is 9.90 Å². The predicted octanol–water partition coefficient (Wildman–Crippen LogP) is 2.27. The Morgan fingerprint density at radius 2 is 2.26 bits per heavy atom.